The Balaban J connectivity index is 2.52. The van der Waals surface area contributed by atoms with Crippen molar-refractivity contribution in [3.63, 3.8) is 0 Å². The molecule has 6 N–H and O–H groups in total. The molecule has 6 unspecified atom stereocenters. The summed E-state index contributed by atoms with van der Waals surface area (Å²) in [4.78, 5) is 35.6. The van der Waals surface area contributed by atoms with Gasteiger partial charge >= 0.3 is 19.8 Å². The van der Waals surface area contributed by atoms with E-state index < -0.39 is 75.7 Å². The molecule has 1 fully saturated rings. The van der Waals surface area contributed by atoms with Crippen LogP contribution in [0.1, 0.15) is 168 Å². The highest BCUT2D eigenvalue weighted by Gasteiger charge is 2.51. The molecule has 0 bridgehead atoms. The topological polar surface area (TPSA) is 210 Å². The van der Waals surface area contributed by atoms with Gasteiger partial charge in [0, 0.05) is 12.8 Å². The van der Waals surface area contributed by atoms with Crippen molar-refractivity contribution in [2.45, 2.75) is 211 Å². The first-order chi connectivity index (χ1) is 29.4. The van der Waals surface area contributed by atoms with Crippen LogP contribution in [0.25, 0.3) is 0 Å². The maximum absolute atomic E-state index is 12.8. The van der Waals surface area contributed by atoms with Gasteiger partial charge in [-0.15, -0.1) is 0 Å². The van der Waals surface area contributed by atoms with E-state index in [1.54, 1.807) is 0 Å². The number of allylic oxidation sites excluding steroid dienone is 10. The van der Waals surface area contributed by atoms with Gasteiger partial charge in [-0.2, -0.15) is 0 Å². The van der Waals surface area contributed by atoms with Crippen molar-refractivity contribution in [3.05, 3.63) is 60.8 Å². The number of ether oxygens (including phenoxy) is 2. The van der Waals surface area contributed by atoms with Crippen molar-refractivity contribution in [1.29, 1.82) is 0 Å². The number of carbonyl (C=O) groups excluding carboxylic acids is 2. The molecule has 1 aliphatic carbocycles. The molecule has 0 saturated heterocycles. The summed E-state index contributed by atoms with van der Waals surface area (Å²) < 4.78 is 33.4. The lowest BCUT2D eigenvalue weighted by molar-refractivity contribution is -0.220. The van der Waals surface area contributed by atoms with E-state index >= 15 is 0 Å². The average molecular weight is 885 g/mol. The summed E-state index contributed by atoms with van der Waals surface area (Å²) in [7, 11) is -5.14. The van der Waals surface area contributed by atoms with E-state index in [4.69, 9.17) is 18.5 Å². The molecule has 0 aromatic rings. The molecule has 0 amide bonds. The van der Waals surface area contributed by atoms with Gasteiger partial charge in [-0.1, -0.05) is 139 Å². The lowest BCUT2D eigenvalue weighted by atomic mass is 9.85. The molecule has 61 heavy (non-hydrogen) atoms. The van der Waals surface area contributed by atoms with Gasteiger partial charge in [0.2, 0.25) is 0 Å². The second-order valence-corrected chi connectivity index (χ2v) is 17.3. The quantitative estimate of drug-likeness (QED) is 0.0149. The van der Waals surface area contributed by atoms with E-state index in [1.807, 2.05) is 6.08 Å². The van der Waals surface area contributed by atoms with Crippen LogP contribution in [-0.4, -0.2) is 98.3 Å². The lowest BCUT2D eigenvalue weighted by Crippen LogP contribution is -2.64. The summed E-state index contributed by atoms with van der Waals surface area (Å²) >= 11 is 0. The highest BCUT2D eigenvalue weighted by atomic mass is 31.2. The van der Waals surface area contributed by atoms with Crippen LogP contribution in [0.3, 0.4) is 0 Å². The zero-order valence-corrected chi connectivity index (χ0v) is 38.1. The van der Waals surface area contributed by atoms with Gasteiger partial charge in [-0.05, 0) is 77.0 Å². The first-order valence-corrected chi connectivity index (χ1v) is 24.6. The third kappa shape index (κ3) is 29.5. The number of aliphatic hydroxyl groups excluding tert-OH is 5. The summed E-state index contributed by atoms with van der Waals surface area (Å²) in [6, 6.07) is 0. The second-order valence-electron chi connectivity index (χ2n) is 15.9. The minimum Gasteiger partial charge on any atom is -0.462 e. The molecule has 14 heteroatoms. The van der Waals surface area contributed by atoms with E-state index in [0.29, 0.717) is 25.7 Å². The fraction of sp³-hybridized carbons (Fsp3) is 0.745. The van der Waals surface area contributed by atoms with Crippen LogP contribution in [0, 0.1) is 0 Å². The molecule has 1 saturated carbocycles. The van der Waals surface area contributed by atoms with Crippen molar-refractivity contribution < 1.29 is 63.1 Å². The number of carbonyl (C=O) groups is 2. The van der Waals surface area contributed by atoms with Crippen LogP contribution in [0.5, 0.6) is 0 Å². The largest absolute Gasteiger partial charge is 0.472 e. The highest BCUT2D eigenvalue weighted by molar-refractivity contribution is 7.47. The third-order valence-corrected chi connectivity index (χ3v) is 11.3. The molecule has 0 aliphatic heterocycles. The van der Waals surface area contributed by atoms with Gasteiger partial charge in [0.25, 0.3) is 0 Å². The molecule has 0 heterocycles. The summed E-state index contributed by atoms with van der Waals surface area (Å²) in [5, 5.41) is 50.1. The highest BCUT2D eigenvalue weighted by Crippen LogP contribution is 2.47. The average Bonchev–Trinajstić information content (AvgIpc) is 3.24. The maximum atomic E-state index is 12.8. The predicted molar refractivity (Wildman–Crippen MR) is 239 cm³/mol. The minimum atomic E-state index is -5.14. The minimum absolute atomic E-state index is 0.0371. The van der Waals surface area contributed by atoms with Crippen LogP contribution in [0.2, 0.25) is 0 Å². The van der Waals surface area contributed by atoms with Crippen molar-refractivity contribution in [2.24, 2.45) is 0 Å². The summed E-state index contributed by atoms with van der Waals surface area (Å²) in [6.45, 7) is 3.19. The Kier molecular flexibility index (Phi) is 34.3. The molecule has 0 spiro atoms. The smallest absolute Gasteiger partial charge is 0.462 e. The number of phosphoric acid groups is 1. The second kappa shape index (κ2) is 37.0. The van der Waals surface area contributed by atoms with Crippen LogP contribution < -0.4 is 0 Å². The third-order valence-electron chi connectivity index (χ3n) is 10.3. The fourth-order valence-corrected chi connectivity index (χ4v) is 7.54. The van der Waals surface area contributed by atoms with Crippen molar-refractivity contribution in [3.8, 4) is 0 Å². The van der Waals surface area contributed by atoms with Gasteiger partial charge < -0.3 is 39.9 Å². The lowest BCUT2D eigenvalue weighted by Gasteiger charge is -2.41. The zero-order chi connectivity index (χ0) is 45.0. The standard InChI is InChI=1S/C47H81O13P/c1-3-5-7-9-11-13-15-17-19-20-22-23-25-27-29-31-33-35-40(48)57-37-39(38-58-61(55,56)60-47-45(53)43(51)42(50)44(52)46(47)54)59-41(49)36-34-32-30-28-26-24-21-18-16-14-12-10-8-6-4-2/h12,14,18,21-23,26-29,39,42-47,50-54H,3-11,13,15-17,19-20,24-25,30-38H2,1-2H3,(H,55,56)/b14-12+,21-18+,23-22+,28-26+,29-27+/t39-,42?,43-,44?,45?,46?,47?/m0/s1. The Bertz CT molecular complexity index is 1300. The van der Waals surface area contributed by atoms with Crippen LogP contribution >= 0.6 is 7.82 Å². The van der Waals surface area contributed by atoms with E-state index in [2.05, 4.69) is 68.5 Å². The number of phosphoric ester groups is 1. The molecule has 13 nitrogen and oxygen atoms in total. The number of rotatable bonds is 37. The Labute approximate surface area is 366 Å². The molecule has 0 radical (unpaired) electrons. The number of hydrogen-bond donors (Lipinski definition) is 6. The Hall–Kier alpha value is -2.45. The molecular formula is C47H81O13P. The Morgan fingerprint density at radius 3 is 1.43 bits per heavy atom. The van der Waals surface area contributed by atoms with E-state index in [9.17, 15) is 44.6 Å². The normalized spacial score (nSPS) is 22.6. The Morgan fingerprint density at radius 1 is 0.508 bits per heavy atom. The molecule has 0 aromatic heterocycles. The van der Waals surface area contributed by atoms with Crippen LogP contribution in [0.15, 0.2) is 60.8 Å². The molecule has 8 atom stereocenters. The molecular weight excluding hydrogens is 803 g/mol. The van der Waals surface area contributed by atoms with E-state index in [-0.39, 0.29) is 12.8 Å². The molecule has 1 rings (SSSR count). The van der Waals surface area contributed by atoms with Gasteiger partial charge in [0.1, 0.15) is 43.2 Å². The van der Waals surface area contributed by atoms with Gasteiger partial charge in [-0.3, -0.25) is 18.6 Å². The number of unbranched alkanes of at least 4 members (excludes halogenated alkanes) is 15. The monoisotopic (exact) mass is 885 g/mol. The maximum Gasteiger partial charge on any atom is 0.472 e. The van der Waals surface area contributed by atoms with E-state index in [1.165, 1.54) is 77.0 Å². The summed E-state index contributed by atoms with van der Waals surface area (Å²) in [5.41, 5.74) is 0. The van der Waals surface area contributed by atoms with Crippen molar-refractivity contribution in [2.75, 3.05) is 13.2 Å². The molecule has 0 aromatic carbocycles. The first kappa shape index (κ1) is 56.6. The SMILES string of the molecule is CCCCC/C=C/C/C=C/C/C=C/CCCCC(=O)O[C@@H](COC(=O)CCC/C=C/C/C=C/CCCCCCCCCCC)COP(=O)(O)OC1C(O)C(O)C(O)[C@H](O)C1O. The predicted octanol–water partition coefficient (Wildman–Crippen LogP) is 8.94. The molecule has 1 aliphatic rings. The number of hydrogen-bond acceptors (Lipinski definition) is 12. The summed E-state index contributed by atoms with van der Waals surface area (Å²) in [5.74, 6) is -1.20. The van der Waals surface area contributed by atoms with E-state index in [0.717, 1.165) is 38.5 Å². The first-order valence-electron chi connectivity index (χ1n) is 23.1. The number of esters is 2. The van der Waals surface area contributed by atoms with Crippen molar-refractivity contribution in [1.82, 2.24) is 0 Å². The fourth-order valence-electron chi connectivity index (χ4n) is 6.57. The van der Waals surface area contributed by atoms with Gasteiger partial charge in [0.15, 0.2) is 6.10 Å². The van der Waals surface area contributed by atoms with Crippen LogP contribution in [-0.2, 0) is 32.7 Å². The van der Waals surface area contributed by atoms with Gasteiger partial charge in [-0.25, -0.2) is 4.57 Å². The Morgan fingerprint density at radius 2 is 0.902 bits per heavy atom. The number of aliphatic hydroxyl groups is 5. The van der Waals surface area contributed by atoms with Crippen molar-refractivity contribution >= 4 is 19.8 Å². The van der Waals surface area contributed by atoms with Gasteiger partial charge in [0.05, 0.1) is 6.61 Å². The summed E-state index contributed by atoms with van der Waals surface area (Å²) in [6.07, 6.45) is 31.5. The van der Waals surface area contributed by atoms with Crippen LogP contribution in [0.4, 0.5) is 0 Å². The molecule has 352 valence electrons. The zero-order valence-electron chi connectivity index (χ0n) is 37.2.